The third kappa shape index (κ3) is 1.98. The van der Waals surface area contributed by atoms with E-state index in [4.69, 9.17) is 0 Å². The molecule has 0 aliphatic carbocycles. The molecule has 0 radical (unpaired) electrons. The Morgan fingerprint density at radius 2 is 2.23 bits per heavy atom. The maximum Gasteiger partial charge on any atom is 0.279 e. The molecular formula is C6H13N3O3S. The average molecular weight is 207 g/mol. The fraction of sp³-hybridized carbons (Fsp3) is 0.833. The van der Waals surface area contributed by atoms with Gasteiger partial charge in [0.05, 0.1) is 0 Å². The molecule has 0 aromatic heterocycles. The first-order valence-electron chi connectivity index (χ1n) is 3.97. The molecule has 1 saturated heterocycles. The van der Waals surface area contributed by atoms with E-state index in [0.717, 1.165) is 4.31 Å². The number of nitrogens with zero attached hydrogens (tertiary/aromatic N) is 1. The van der Waals surface area contributed by atoms with E-state index in [9.17, 15) is 13.2 Å². The molecule has 1 aliphatic rings. The quantitative estimate of drug-likeness (QED) is 0.565. The van der Waals surface area contributed by atoms with Crippen LogP contribution in [0.1, 0.15) is 6.92 Å². The SMILES string of the molecule is CNS(=O)(=O)N1CCNC(=O)C1C. The lowest BCUT2D eigenvalue weighted by Gasteiger charge is -2.31. The van der Waals surface area contributed by atoms with Crippen molar-refractivity contribution in [2.45, 2.75) is 13.0 Å². The van der Waals surface area contributed by atoms with E-state index in [0.29, 0.717) is 13.1 Å². The van der Waals surface area contributed by atoms with Gasteiger partial charge in [0.2, 0.25) is 5.91 Å². The molecule has 1 fully saturated rings. The molecule has 0 spiro atoms. The molecule has 0 saturated carbocycles. The molecule has 76 valence electrons. The number of nitrogens with one attached hydrogen (secondary N) is 2. The summed E-state index contributed by atoms with van der Waals surface area (Å²) in [5.41, 5.74) is 0. The molecule has 1 heterocycles. The van der Waals surface area contributed by atoms with Crippen LogP contribution in [0.5, 0.6) is 0 Å². The van der Waals surface area contributed by atoms with Crippen LogP contribution in [-0.2, 0) is 15.0 Å². The predicted octanol–water partition coefficient (Wildman–Crippen LogP) is -1.73. The zero-order valence-electron chi connectivity index (χ0n) is 7.57. The number of carbonyl (C=O) groups excluding carboxylic acids is 1. The first-order chi connectivity index (χ1) is 5.99. The van der Waals surface area contributed by atoms with Gasteiger partial charge in [0.25, 0.3) is 10.2 Å². The molecule has 0 aromatic carbocycles. The van der Waals surface area contributed by atoms with E-state index in [2.05, 4.69) is 10.0 Å². The summed E-state index contributed by atoms with van der Waals surface area (Å²) in [4.78, 5) is 11.1. The van der Waals surface area contributed by atoms with Gasteiger partial charge in [0.1, 0.15) is 6.04 Å². The highest BCUT2D eigenvalue weighted by Crippen LogP contribution is 2.07. The second-order valence-corrected chi connectivity index (χ2v) is 4.61. The van der Waals surface area contributed by atoms with E-state index in [1.807, 2.05) is 0 Å². The van der Waals surface area contributed by atoms with Crippen molar-refractivity contribution in [3.05, 3.63) is 0 Å². The Hall–Kier alpha value is -0.660. The maximum absolute atomic E-state index is 11.3. The van der Waals surface area contributed by atoms with Crippen LogP contribution in [0, 0.1) is 0 Å². The number of carbonyl (C=O) groups is 1. The summed E-state index contributed by atoms with van der Waals surface area (Å²) in [5, 5.41) is 2.59. The number of rotatable bonds is 2. The number of amides is 1. The van der Waals surface area contributed by atoms with Crippen molar-refractivity contribution in [3.63, 3.8) is 0 Å². The van der Waals surface area contributed by atoms with E-state index in [1.54, 1.807) is 6.92 Å². The van der Waals surface area contributed by atoms with Crippen LogP contribution < -0.4 is 10.0 Å². The first kappa shape index (κ1) is 10.4. The standard InChI is InChI=1S/C6H13N3O3S/c1-5-6(10)8-3-4-9(5)13(11,12)7-2/h5,7H,3-4H2,1-2H3,(H,8,10). The van der Waals surface area contributed by atoms with Gasteiger partial charge in [0, 0.05) is 20.1 Å². The largest absolute Gasteiger partial charge is 0.353 e. The van der Waals surface area contributed by atoms with Crippen molar-refractivity contribution < 1.29 is 13.2 Å². The summed E-state index contributed by atoms with van der Waals surface area (Å²) in [6.07, 6.45) is 0. The summed E-state index contributed by atoms with van der Waals surface area (Å²) in [6, 6.07) is -0.633. The van der Waals surface area contributed by atoms with Gasteiger partial charge in [-0.3, -0.25) is 4.79 Å². The smallest absolute Gasteiger partial charge is 0.279 e. The van der Waals surface area contributed by atoms with Crippen LogP contribution in [0.2, 0.25) is 0 Å². The molecule has 7 heteroatoms. The van der Waals surface area contributed by atoms with Crippen LogP contribution in [-0.4, -0.2) is 44.8 Å². The minimum atomic E-state index is -3.48. The molecule has 6 nitrogen and oxygen atoms in total. The molecular weight excluding hydrogens is 194 g/mol. The zero-order valence-corrected chi connectivity index (χ0v) is 8.39. The highest BCUT2D eigenvalue weighted by atomic mass is 32.2. The lowest BCUT2D eigenvalue weighted by atomic mass is 10.2. The Morgan fingerprint density at radius 1 is 1.62 bits per heavy atom. The maximum atomic E-state index is 11.3. The Bertz CT molecular complexity index is 300. The Kier molecular flexibility index (Phi) is 2.89. The minimum absolute atomic E-state index is 0.259. The fourth-order valence-electron chi connectivity index (χ4n) is 1.21. The van der Waals surface area contributed by atoms with Gasteiger partial charge in [-0.05, 0) is 6.92 Å². The molecule has 1 amide bonds. The molecule has 1 atom stereocenters. The Balaban J connectivity index is 2.86. The van der Waals surface area contributed by atoms with Crippen molar-refractivity contribution in [3.8, 4) is 0 Å². The van der Waals surface area contributed by atoms with Gasteiger partial charge < -0.3 is 5.32 Å². The molecule has 2 N–H and O–H groups in total. The van der Waals surface area contributed by atoms with Crippen molar-refractivity contribution in [2.24, 2.45) is 0 Å². The molecule has 0 bridgehead atoms. The van der Waals surface area contributed by atoms with Gasteiger partial charge >= 0.3 is 0 Å². The van der Waals surface area contributed by atoms with E-state index in [-0.39, 0.29) is 5.91 Å². The van der Waals surface area contributed by atoms with Gasteiger partial charge in [-0.2, -0.15) is 12.7 Å². The van der Waals surface area contributed by atoms with Crippen LogP contribution in [0.25, 0.3) is 0 Å². The molecule has 1 aliphatic heterocycles. The van der Waals surface area contributed by atoms with Crippen molar-refractivity contribution in [2.75, 3.05) is 20.1 Å². The van der Waals surface area contributed by atoms with Gasteiger partial charge in [-0.15, -0.1) is 0 Å². The number of hydrogen-bond donors (Lipinski definition) is 2. The highest BCUT2D eigenvalue weighted by molar-refractivity contribution is 7.87. The third-order valence-electron chi connectivity index (χ3n) is 2.01. The average Bonchev–Trinajstić information content (AvgIpc) is 2.09. The second kappa shape index (κ2) is 3.60. The van der Waals surface area contributed by atoms with Gasteiger partial charge in [0.15, 0.2) is 0 Å². The highest BCUT2D eigenvalue weighted by Gasteiger charge is 2.33. The van der Waals surface area contributed by atoms with Crippen molar-refractivity contribution in [1.82, 2.24) is 14.3 Å². The summed E-state index contributed by atoms with van der Waals surface area (Å²) in [6.45, 7) is 2.24. The predicted molar refractivity (Wildman–Crippen MR) is 47.2 cm³/mol. The number of piperazine rings is 1. The van der Waals surface area contributed by atoms with Gasteiger partial charge in [-0.25, -0.2) is 4.72 Å². The number of hydrogen-bond acceptors (Lipinski definition) is 3. The topological polar surface area (TPSA) is 78.5 Å². The van der Waals surface area contributed by atoms with E-state index in [1.165, 1.54) is 7.05 Å². The van der Waals surface area contributed by atoms with E-state index < -0.39 is 16.3 Å². The van der Waals surface area contributed by atoms with Crippen molar-refractivity contribution >= 4 is 16.1 Å². The summed E-state index contributed by atoms with van der Waals surface area (Å²) < 4.78 is 26.0. The lowest BCUT2D eigenvalue weighted by molar-refractivity contribution is -0.126. The summed E-state index contributed by atoms with van der Waals surface area (Å²) in [7, 11) is -2.15. The molecule has 13 heavy (non-hydrogen) atoms. The minimum Gasteiger partial charge on any atom is -0.353 e. The van der Waals surface area contributed by atoms with Crippen LogP contribution in [0.15, 0.2) is 0 Å². The fourth-order valence-corrected chi connectivity index (χ4v) is 2.29. The normalized spacial score (nSPS) is 25.7. The molecule has 0 aromatic rings. The molecule has 1 rings (SSSR count). The lowest BCUT2D eigenvalue weighted by Crippen LogP contribution is -2.57. The van der Waals surface area contributed by atoms with Crippen LogP contribution >= 0.6 is 0 Å². The van der Waals surface area contributed by atoms with E-state index >= 15 is 0 Å². The van der Waals surface area contributed by atoms with Gasteiger partial charge in [-0.1, -0.05) is 0 Å². The second-order valence-electron chi connectivity index (χ2n) is 2.79. The van der Waals surface area contributed by atoms with Crippen molar-refractivity contribution in [1.29, 1.82) is 0 Å². The molecule has 1 unspecified atom stereocenters. The zero-order chi connectivity index (χ0) is 10.1. The monoisotopic (exact) mass is 207 g/mol. The third-order valence-corrected chi connectivity index (χ3v) is 3.64. The Morgan fingerprint density at radius 3 is 2.77 bits per heavy atom. The Labute approximate surface area is 77.5 Å². The van der Waals surface area contributed by atoms with Crippen LogP contribution in [0.3, 0.4) is 0 Å². The van der Waals surface area contributed by atoms with Crippen LogP contribution in [0.4, 0.5) is 0 Å². The first-order valence-corrected chi connectivity index (χ1v) is 5.41. The summed E-state index contributed by atoms with van der Waals surface area (Å²) in [5.74, 6) is -0.259. The summed E-state index contributed by atoms with van der Waals surface area (Å²) >= 11 is 0.